The Morgan fingerprint density at radius 2 is 2.12 bits per heavy atom. The van der Waals surface area contributed by atoms with Crippen molar-refractivity contribution in [3.8, 4) is 0 Å². The highest BCUT2D eigenvalue weighted by Crippen LogP contribution is 2.21. The van der Waals surface area contributed by atoms with Gasteiger partial charge >= 0.3 is 0 Å². The first-order chi connectivity index (χ1) is 8.31. The molecule has 0 saturated heterocycles. The number of nitrogens with one attached hydrogen (secondary N) is 1. The van der Waals surface area contributed by atoms with E-state index in [0.29, 0.717) is 5.92 Å². The van der Waals surface area contributed by atoms with Crippen LogP contribution in [0.25, 0.3) is 10.9 Å². The minimum atomic E-state index is 0.561. The monoisotopic (exact) mass is 228 g/mol. The van der Waals surface area contributed by atoms with E-state index in [1.54, 1.807) is 0 Å². The molecule has 2 aromatic rings. The van der Waals surface area contributed by atoms with Crippen LogP contribution in [0.2, 0.25) is 0 Å². The Morgan fingerprint density at radius 1 is 1.29 bits per heavy atom. The molecule has 0 amide bonds. The molecular weight excluding hydrogens is 208 g/mol. The van der Waals surface area contributed by atoms with Crippen molar-refractivity contribution in [2.75, 3.05) is 13.1 Å². The van der Waals surface area contributed by atoms with Crippen molar-refractivity contribution in [2.45, 2.75) is 26.2 Å². The maximum absolute atomic E-state index is 4.51. The zero-order valence-electron chi connectivity index (χ0n) is 10.6. The minimum absolute atomic E-state index is 0.561. The number of rotatable bonds is 5. The second kappa shape index (κ2) is 5.78. The summed E-state index contributed by atoms with van der Waals surface area (Å²) in [4.78, 5) is 4.51. The summed E-state index contributed by atoms with van der Waals surface area (Å²) in [5.74, 6) is 0.561. The van der Waals surface area contributed by atoms with Gasteiger partial charge in [0.1, 0.15) is 0 Å². The van der Waals surface area contributed by atoms with Crippen molar-refractivity contribution in [1.82, 2.24) is 10.3 Å². The zero-order chi connectivity index (χ0) is 12.1. The van der Waals surface area contributed by atoms with Gasteiger partial charge < -0.3 is 5.32 Å². The third-order valence-corrected chi connectivity index (χ3v) is 3.18. The topological polar surface area (TPSA) is 24.9 Å². The van der Waals surface area contributed by atoms with Crippen molar-refractivity contribution >= 4 is 10.9 Å². The van der Waals surface area contributed by atoms with Crippen molar-refractivity contribution in [3.63, 3.8) is 0 Å². The van der Waals surface area contributed by atoms with Gasteiger partial charge in [0, 0.05) is 11.6 Å². The predicted octanol–water partition coefficient (Wildman–Crippen LogP) is 3.34. The molecule has 0 aliphatic carbocycles. The highest BCUT2D eigenvalue weighted by Gasteiger charge is 2.06. The van der Waals surface area contributed by atoms with Gasteiger partial charge in [-0.15, -0.1) is 0 Å². The maximum Gasteiger partial charge on any atom is 0.0702 e. The summed E-state index contributed by atoms with van der Waals surface area (Å²) in [5.41, 5.74) is 2.41. The van der Waals surface area contributed by atoms with Gasteiger partial charge in [-0.2, -0.15) is 0 Å². The third kappa shape index (κ3) is 3.04. The highest BCUT2D eigenvalue weighted by atomic mass is 14.8. The molecule has 0 spiro atoms. The summed E-state index contributed by atoms with van der Waals surface area (Å²) in [6, 6.07) is 10.5. The number of fused-ring (bicyclic) bond motifs is 1. The summed E-state index contributed by atoms with van der Waals surface area (Å²) in [6.45, 7) is 6.53. The Hall–Kier alpha value is -1.41. The lowest BCUT2D eigenvalue weighted by Gasteiger charge is -2.12. The van der Waals surface area contributed by atoms with Crippen LogP contribution in [0.4, 0.5) is 0 Å². The summed E-state index contributed by atoms with van der Waals surface area (Å²) in [7, 11) is 0. The van der Waals surface area contributed by atoms with E-state index in [1.807, 2.05) is 12.3 Å². The molecule has 1 aromatic carbocycles. The average Bonchev–Trinajstić information content (AvgIpc) is 2.38. The molecule has 0 radical (unpaired) electrons. The van der Waals surface area contributed by atoms with Crippen LogP contribution in [0.1, 0.15) is 31.7 Å². The molecule has 1 N–H and O–H groups in total. The number of pyridine rings is 1. The molecule has 0 aliphatic heterocycles. The van der Waals surface area contributed by atoms with Gasteiger partial charge in [0.25, 0.3) is 0 Å². The van der Waals surface area contributed by atoms with E-state index in [1.165, 1.54) is 10.9 Å². The Labute approximate surface area is 103 Å². The first-order valence-corrected chi connectivity index (χ1v) is 6.36. The van der Waals surface area contributed by atoms with Crippen LogP contribution in [0.3, 0.4) is 0 Å². The van der Waals surface area contributed by atoms with Crippen LogP contribution >= 0.6 is 0 Å². The fourth-order valence-electron chi connectivity index (χ4n) is 2.02. The van der Waals surface area contributed by atoms with Gasteiger partial charge in [-0.05, 0) is 43.1 Å². The lowest BCUT2D eigenvalue weighted by atomic mass is 9.98. The molecule has 17 heavy (non-hydrogen) atoms. The fourth-order valence-corrected chi connectivity index (χ4v) is 2.02. The Balaban J connectivity index is 2.12. The van der Waals surface area contributed by atoms with Crippen LogP contribution in [0.15, 0.2) is 36.5 Å². The molecular formula is C15H20N2. The van der Waals surface area contributed by atoms with Gasteiger partial charge in [0.2, 0.25) is 0 Å². The van der Waals surface area contributed by atoms with Crippen LogP contribution in [0.5, 0.6) is 0 Å². The number of aromatic nitrogens is 1. The molecule has 0 fully saturated rings. The van der Waals surface area contributed by atoms with E-state index in [2.05, 4.69) is 48.4 Å². The third-order valence-electron chi connectivity index (χ3n) is 3.18. The summed E-state index contributed by atoms with van der Waals surface area (Å²) >= 11 is 0. The molecule has 90 valence electrons. The molecule has 2 heteroatoms. The molecule has 0 saturated carbocycles. The van der Waals surface area contributed by atoms with Crippen molar-refractivity contribution in [1.29, 1.82) is 0 Å². The smallest absolute Gasteiger partial charge is 0.0702 e. The molecule has 1 atom stereocenters. The quantitative estimate of drug-likeness (QED) is 0.794. The SMILES string of the molecule is CCNCCC(C)c1cnc2ccccc2c1. The van der Waals surface area contributed by atoms with Gasteiger partial charge in [0.15, 0.2) is 0 Å². The Kier molecular flexibility index (Phi) is 4.10. The number of para-hydroxylation sites is 1. The van der Waals surface area contributed by atoms with Crippen molar-refractivity contribution < 1.29 is 0 Å². The van der Waals surface area contributed by atoms with E-state index in [-0.39, 0.29) is 0 Å². The largest absolute Gasteiger partial charge is 0.317 e. The Morgan fingerprint density at radius 3 is 2.94 bits per heavy atom. The predicted molar refractivity (Wildman–Crippen MR) is 73.3 cm³/mol. The van der Waals surface area contributed by atoms with Crippen LogP contribution in [-0.4, -0.2) is 18.1 Å². The van der Waals surface area contributed by atoms with Gasteiger partial charge in [-0.25, -0.2) is 0 Å². The number of benzene rings is 1. The molecule has 2 rings (SSSR count). The normalized spacial score (nSPS) is 12.8. The van der Waals surface area contributed by atoms with Gasteiger partial charge in [0.05, 0.1) is 5.52 Å². The van der Waals surface area contributed by atoms with E-state index >= 15 is 0 Å². The van der Waals surface area contributed by atoms with Gasteiger partial charge in [-0.1, -0.05) is 32.0 Å². The molecule has 1 heterocycles. The average molecular weight is 228 g/mol. The number of nitrogens with zero attached hydrogens (tertiary/aromatic N) is 1. The number of hydrogen-bond acceptors (Lipinski definition) is 2. The van der Waals surface area contributed by atoms with Gasteiger partial charge in [-0.3, -0.25) is 4.98 Å². The summed E-state index contributed by atoms with van der Waals surface area (Å²) < 4.78 is 0. The minimum Gasteiger partial charge on any atom is -0.317 e. The van der Waals surface area contributed by atoms with Crippen LogP contribution < -0.4 is 5.32 Å². The zero-order valence-corrected chi connectivity index (χ0v) is 10.6. The van der Waals surface area contributed by atoms with E-state index in [0.717, 1.165) is 25.0 Å². The second-order valence-electron chi connectivity index (χ2n) is 4.50. The summed E-state index contributed by atoms with van der Waals surface area (Å²) in [5, 5.41) is 4.60. The molecule has 0 bridgehead atoms. The molecule has 1 unspecified atom stereocenters. The van der Waals surface area contributed by atoms with Crippen LogP contribution in [-0.2, 0) is 0 Å². The second-order valence-corrected chi connectivity index (χ2v) is 4.50. The highest BCUT2D eigenvalue weighted by molar-refractivity contribution is 5.78. The standard InChI is InChI=1S/C15H20N2/c1-3-16-9-8-12(2)14-10-13-6-4-5-7-15(13)17-11-14/h4-7,10-12,16H,3,8-9H2,1-2H3. The lowest BCUT2D eigenvalue weighted by Crippen LogP contribution is -2.16. The van der Waals surface area contributed by atoms with E-state index in [9.17, 15) is 0 Å². The first kappa shape index (κ1) is 12.1. The lowest BCUT2D eigenvalue weighted by molar-refractivity contribution is 0.608. The maximum atomic E-state index is 4.51. The van der Waals surface area contributed by atoms with Crippen molar-refractivity contribution in [3.05, 3.63) is 42.1 Å². The van der Waals surface area contributed by atoms with E-state index in [4.69, 9.17) is 0 Å². The molecule has 0 aliphatic rings. The molecule has 1 aromatic heterocycles. The number of hydrogen-bond donors (Lipinski definition) is 1. The Bertz CT molecular complexity index is 479. The van der Waals surface area contributed by atoms with Crippen LogP contribution in [0, 0.1) is 0 Å². The van der Waals surface area contributed by atoms with E-state index < -0.39 is 0 Å². The molecule has 2 nitrogen and oxygen atoms in total. The van der Waals surface area contributed by atoms with Crippen molar-refractivity contribution in [2.24, 2.45) is 0 Å². The summed E-state index contributed by atoms with van der Waals surface area (Å²) in [6.07, 6.45) is 3.17. The first-order valence-electron chi connectivity index (χ1n) is 6.36. The fraction of sp³-hybridized carbons (Fsp3) is 0.400.